The van der Waals surface area contributed by atoms with E-state index in [0.717, 1.165) is 0 Å². The van der Waals surface area contributed by atoms with E-state index in [1.807, 2.05) is 4.90 Å². The van der Waals surface area contributed by atoms with Crippen molar-refractivity contribution in [2.24, 2.45) is 0 Å². The van der Waals surface area contributed by atoms with Crippen molar-refractivity contribution in [3.05, 3.63) is 42.5 Å². The van der Waals surface area contributed by atoms with Crippen LogP contribution in [0.1, 0.15) is 0 Å². The van der Waals surface area contributed by atoms with Crippen LogP contribution in [0.15, 0.2) is 47.4 Å². The highest BCUT2D eigenvalue weighted by Gasteiger charge is 2.28. The van der Waals surface area contributed by atoms with Crippen molar-refractivity contribution in [1.82, 2.24) is 4.90 Å². The molecule has 2 aromatic rings. The minimum absolute atomic E-state index is 0.131. The van der Waals surface area contributed by atoms with Crippen molar-refractivity contribution in [3.63, 3.8) is 0 Å². The Morgan fingerprint density at radius 3 is 2.16 bits per heavy atom. The molecule has 174 valence electrons. The molecule has 3 rings (SSSR count). The van der Waals surface area contributed by atoms with E-state index >= 15 is 0 Å². The number of rotatable bonds is 7. The van der Waals surface area contributed by atoms with Gasteiger partial charge >= 0.3 is 0 Å². The molecule has 0 aromatic heterocycles. The highest BCUT2D eigenvalue weighted by Crippen LogP contribution is 2.34. The summed E-state index contributed by atoms with van der Waals surface area (Å²) in [6, 6.07) is 11.5. The topological polar surface area (TPSA) is 79.4 Å². The van der Waals surface area contributed by atoms with Crippen LogP contribution in [0.3, 0.4) is 0 Å². The summed E-state index contributed by atoms with van der Waals surface area (Å²) in [4.78, 5) is 14.6. The summed E-state index contributed by atoms with van der Waals surface area (Å²) >= 11 is 11.4. The molecule has 1 aliphatic heterocycles. The van der Waals surface area contributed by atoms with E-state index in [4.69, 9.17) is 32.7 Å². The van der Waals surface area contributed by atoms with Crippen LogP contribution in [0.4, 0.5) is 11.4 Å². The van der Waals surface area contributed by atoms with Gasteiger partial charge in [0.15, 0.2) is 4.84 Å². The summed E-state index contributed by atoms with van der Waals surface area (Å²) < 4.78 is 38.4. The summed E-state index contributed by atoms with van der Waals surface area (Å²) in [5.41, 5.74) is 1.14. The summed E-state index contributed by atoms with van der Waals surface area (Å²) in [7, 11) is 0.757. The van der Waals surface area contributed by atoms with Crippen molar-refractivity contribution in [2.75, 3.05) is 56.7 Å². The van der Waals surface area contributed by atoms with Gasteiger partial charge in [0.25, 0.3) is 15.9 Å². The zero-order chi connectivity index (χ0) is 23.5. The van der Waals surface area contributed by atoms with Crippen LogP contribution < -0.4 is 18.7 Å². The van der Waals surface area contributed by atoms with Gasteiger partial charge in [-0.2, -0.15) is 0 Å². The second kappa shape index (κ2) is 10.1. The third-order valence-electron chi connectivity index (χ3n) is 5.36. The number of carbonyl (C=O) groups excluding carboxylic acids is 1. The molecule has 0 spiro atoms. The van der Waals surface area contributed by atoms with Gasteiger partial charge in [-0.15, -0.1) is 0 Å². The predicted octanol–water partition coefficient (Wildman–Crippen LogP) is 2.98. The molecule has 1 fully saturated rings. The van der Waals surface area contributed by atoms with Crippen molar-refractivity contribution < 1.29 is 22.7 Å². The van der Waals surface area contributed by atoms with Gasteiger partial charge in [-0.25, -0.2) is 8.42 Å². The highest BCUT2D eigenvalue weighted by atomic mass is 35.5. The van der Waals surface area contributed by atoms with Gasteiger partial charge < -0.3 is 19.3 Å². The molecule has 1 saturated heterocycles. The van der Waals surface area contributed by atoms with Crippen LogP contribution in [-0.2, 0) is 14.8 Å². The van der Waals surface area contributed by atoms with Gasteiger partial charge in [0, 0.05) is 33.2 Å². The maximum absolute atomic E-state index is 13.3. The zero-order valence-electron chi connectivity index (χ0n) is 18.0. The Labute approximate surface area is 198 Å². The lowest BCUT2D eigenvalue weighted by Gasteiger charge is -2.37. The van der Waals surface area contributed by atoms with Gasteiger partial charge in [0.1, 0.15) is 11.5 Å². The number of hydrogen-bond acceptors (Lipinski definition) is 6. The molecule has 2 aromatic carbocycles. The van der Waals surface area contributed by atoms with Crippen molar-refractivity contribution in [2.45, 2.75) is 9.73 Å². The third kappa shape index (κ3) is 5.00. The number of carbonyl (C=O) groups is 1. The number of nitrogens with zero attached hydrogens (tertiary/aromatic N) is 3. The quantitative estimate of drug-likeness (QED) is 0.542. The van der Waals surface area contributed by atoms with Crippen LogP contribution >= 0.6 is 23.2 Å². The van der Waals surface area contributed by atoms with Crippen LogP contribution in [0.2, 0.25) is 0 Å². The monoisotopic (exact) mass is 501 g/mol. The highest BCUT2D eigenvalue weighted by molar-refractivity contribution is 7.92. The van der Waals surface area contributed by atoms with Crippen molar-refractivity contribution in [1.29, 1.82) is 0 Å². The minimum Gasteiger partial charge on any atom is -0.497 e. The molecule has 1 heterocycles. The average molecular weight is 502 g/mol. The first-order valence-corrected chi connectivity index (χ1v) is 12.1. The Hall–Kier alpha value is -2.36. The van der Waals surface area contributed by atoms with Crippen molar-refractivity contribution >= 4 is 50.5 Å². The first-order valence-electron chi connectivity index (χ1n) is 9.82. The molecular formula is C21H25Cl2N3O5S. The van der Waals surface area contributed by atoms with Gasteiger partial charge in [0.2, 0.25) is 0 Å². The number of anilines is 2. The largest absolute Gasteiger partial charge is 0.497 e. The van der Waals surface area contributed by atoms with Crippen LogP contribution in [0.25, 0.3) is 0 Å². The lowest BCUT2D eigenvalue weighted by molar-refractivity contribution is -0.129. The molecule has 0 saturated carbocycles. The molecule has 0 bridgehead atoms. The van der Waals surface area contributed by atoms with Gasteiger partial charge in [-0.3, -0.25) is 9.10 Å². The van der Waals surface area contributed by atoms with E-state index < -0.39 is 14.9 Å². The fourth-order valence-corrected chi connectivity index (χ4v) is 4.96. The standard InChI is InChI=1S/C21H25Cl2N3O5S/c1-24(15-4-6-16(30-2)7-5-15)32(28,29)17-8-9-19(31-3)18(14-17)25-10-12-26(13-11-25)21(27)20(22)23/h4-9,14,20H,10-13H2,1-3H3. The fraction of sp³-hybridized carbons (Fsp3) is 0.381. The Kier molecular flexibility index (Phi) is 7.63. The molecular weight excluding hydrogens is 477 g/mol. The average Bonchev–Trinajstić information content (AvgIpc) is 2.82. The Bertz CT molecular complexity index is 1060. The second-order valence-corrected chi connectivity index (χ2v) is 10.2. The Balaban J connectivity index is 1.86. The van der Waals surface area contributed by atoms with E-state index in [1.165, 1.54) is 24.5 Å². The summed E-state index contributed by atoms with van der Waals surface area (Å²) in [5.74, 6) is 0.847. The Morgan fingerprint density at radius 1 is 1.00 bits per heavy atom. The van der Waals surface area contributed by atoms with E-state index in [0.29, 0.717) is 49.1 Å². The van der Waals surface area contributed by atoms with E-state index in [9.17, 15) is 13.2 Å². The van der Waals surface area contributed by atoms with E-state index in [1.54, 1.807) is 48.4 Å². The first-order chi connectivity index (χ1) is 15.2. The SMILES string of the molecule is COc1ccc(N(C)S(=O)(=O)c2ccc(OC)c(N3CCN(C(=O)C(Cl)Cl)CC3)c2)cc1. The van der Waals surface area contributed by atoms with Crippen LogP contribution in [0.5, 0.6) is 11.5 Å². The van der Waals surface area contributed by atoms with Gasteiger partial charge in [-0.05, 0) is 42.5 Å². The molecule has 32 heavy (non-hydrogen) atoms. The maximum Gasteiger partial charge on any atom is 0.264 e. The predicted molar refractivity (Wildman–Crippen MR) is 126 cm³/mol. The molecule has 0 unspecified atom stereocenters. The molecule has 1 aliphatic rings. The normalized spacial score (nSPS) is 14.4. The first kappa shape index (κ1) is 24.3. The molecule has 11 heteroatoms. The summed E-state index contributed by atoms with van der Waals surface area (Å²) in [5, 5.41) is 0. The molecule has 0 radical (unpaired) electrons. The number of benzene rings is 2. The van der Waals surface area contributed by atoms with Gasteiger partial charge in [0.05, 0.1) is 30.5 Å². The van der Waals surface area contributed by atoms with Crippen LogP contribution in [0, 0.1) is 0 Å². The molecule has 0 atom stereocenters. The minimum atomic E-state index is -3.82. The third-order valence-corrected chi connectivity index (χ3v) is 7.52. The summed E-state index contributed by atoms with van der Waals surface area (Å²) in [6.07, 6.45) is 0. The molecule has 8 nitrogen and oxygen atoms in total. The number of methoxy groups -OCH3 is 2. The number of ether oxygens (including phenoxy) is 2. The van der Waals surface area contributed by atoms with Crippen LogP contribution in [-0.4, -0.2) is 71.5 Å². The van der Waals surface area contributed by atoms with Gasteiger partial charge in [-0.1, -0.05) is 23.2 Å². The number of amides is 1. The molecule has 0 N–H and O–H groups in total. The number of alkyl halides is 2. The number of halogens is 2. The van der Waals surface area contributed by atoms with E-state index in [-0.39, 0.29) is 10.8 Å². The lowest BCUT2D eigenvalue weighted by Crippen LogP contribution is -2.50. The lowest BCUT2D eigenvalue weighted by atomic mass is 10.2. The van der Waals surface area contributed by atoms with Crippen molar-refractivity contribution in [3.8, 4) is 11.5 Å². The number of sulfonamides is 1. The molecule has 0 aliphatic carbocycles. The number of hydrogen-bond donors (Lipinski definition) is 0. The maximum atomic E-state index is 13.3. The summed E-state index contributed by atoms with van der Waals surface area (Å²) in [6.45, 7) is 1.81. The Morgan fingerprint density at radius 2 is 1.62 bits per heavy atom. The smallest absolute Gasteiger partial charge is 0.264 e. The number of piperazine rings is 1. The fourth-order valence-electron chi connectivity index (χ4n) is 3.47. The second-order valence-electron chi connectivity index (χ2n) is 7.12. The van der Waals surface area contributed by atoms with E-state index in [2.05, 4.69) is 0 Å². The zero-order valence-corrected chi connectivity index (χ0v) is 20.3. The molecule has 1 amide bonds.